The van der Waals surface area contributed by atoms with Crippen molar-refractivity contribution in [3.8, 4) is 5.75 Å². The van der Waals surface area contributed by atoms with Gasteiger partial charge in [-0.3, -0.25) is 9.78 Å². The van der Waals surface area contributed by atoms with E-state index in [4.69, 9.17) is 4.74 Å². The number of nitrogens with zero attached hydrogens (tertiary/aromatic N) is 2. The van der Waals surface area contributed by atoms with Gasteiger partial charge in [-0.1, -0.05) is 18.2 Å². The van der Waals surface area contributed by atoms with Crippen LogP contribution in [0.5, 0.6) is 5.75 Å². The van der Waals surface area contributed by atoms with Crippen molar-refractivity contribution in [1.29, 1.82) is 0 Å². The summed E-state index contributed by atoms with van der Waals surface area (Å²) in [5.74, 6) is 0.439. The molecule has 1 N–H and O–H groups in total. The van der Waals surface area contributed by atoms with Crippen LogP contribution in [0, 0.1) is 13.8 Å². The summed E-state index contributed by atoms with van der Waals surface area (Å²) in [4.78, 5) is 15.6. The van der Waals surface area contributed by atoms with Crippen molar-refractivity contribution in [3.63, 3.8) is 0 Å². The normalized spacial score (nSPS) is 10.6. The lowest BCUT2D eigenvalue weighted by atomic mass is 10.1. The van der Waals surface area contributed by atoms with E-state index in [1.807, 2.05) is 32.0 Å². The molecule has 1 aromatic heterocycles. The van der Waals surface area contributed by atoms with Crippen molar-refractivity contribution in [2.45, 2.75) is 13.8 Å². The number of nitrogens with one attached hydrogen (secondary N) is 1. The SMILES string of the molecule is Cc1cccc(C)c1OCC(=O)N/N=C\c1ccncc1. The molecule has 0 bridgehead atoms. The highest BCUT2D eigenvalue weighted by atomic mass is 16.5. The van der Waals surface area contributed by atoms with Gasteiger partial charge in [0.15, 0.2) is 6.61 Å². The zero-order chi connectivity index (χ0) is 15.1. The molecule has 0 aliphatic heterocycles. The monoisotopic (exact) mass is 283 g/mol. The van der Waals surface area contributed by atoms with E-state index >= 15 is 0 Å². The maximum Gasteiger partial charge on any atom is 0.277 e. The van der Waals surface area contributed by atoms with E-state index in [2.05, 4.69) is 15.5 Å². The summed E-state index contributed by atoms with van der Waals surface area (Å²) < 4.78 is 5.54. The fourth-order valence-electron chi connectivity index (χ4n) is 1.83. The highest BCUT2D eigenvalue weighted by Gasteiger charge is 2.06. The zero-order valence-electron chi connectivity index (χ0n) is 12.0. The third-order valence-electron chi connectivity index (χ3n) is 2.87. The number of benzene rings is 1. The molecule has 0 saturated heterocycles. The van der Waals surface area contributed by atoms with Gasteiger partial charge >= 0.3 is 0 Å². The number of ether oxygens (including phenoxy) is 1. The van der Waals surface area contributed by atoms with Crippen molar-refractivity contribution in [2.24, 2.45) is 5.10 Å². The minimum atomic E-state index is -0.303. The predicted molar refractivity (Wildman–Crippen MR) is 81.4 cm³/mol. The Kier molecular flexibility index (Phi) is 5.04. The Labute approximate surface area is 123 Å². The van der Waals surface area contributed by atoms with E-state index in [-0.39, 0.29) is 12.5 Å². The van der Waals surface area contributed by atoms with Crippen molar-refractivity contribution < 1.29 is 9.53 Å². The number of aryl methyl sites for hydroxylation is 2. The second-order valence-corrected chi connectivity index (χ2v) is 4.58. The van der Waals surface area contributed by atoms with Gasteiger partial charge in [-0.2, -0.15) is 5.10 Å². The maximum atomic E-state index is 11.7. The molecule has 2 aromatic rings. The van der Waals surface area contributed by atoms with Crippen molar-refractivity contribution in [2.75, 3.05) is 6.61 Å². The summed E-state index contributed by atoms with van der Waals surface area (Å²) in [5.41, 5.74) is 5.29. The van der Waals surface area contributed by atoms with Crippen LogP contribution in [-0.2, 0) is 4.79 Å². The first kappa shape index (κ1) is 14.7. The number of carbonyl (C=O) groups is 1. The Morgan fingerprint density at radius 2 is 1.90 bits per heavy atom. The minimum absolute atomic E-state index is 0.0701. The van der Waals surface area contributed by atoms with Gasteiger partial charge in [0.05, 0.1) is 6.21 Å². The van der Waals surface area contributed by atoms with Crippen molar-refractivity contribution >= 4 is 12.1 Å². The number of hydrazone groups is 1. The van der Waals surface area contributed by atoms with Crippen LogP contribution >= 0.6 is 0 Å². The number of para-hydroxylation sites is 1. The average Bonchev–Trinajstić information content (AvgIpc) is 2.48. The van der Waals surface area contributed by atoms with Crippen LogP contribution < -0.4 is 10.2 Å². The number of pyridine rings is 1. The van der Waals surface area contributed by atoms with Crippen molar-refractivity contribution in [1.82, 2.24) is 10.4 Å². The molecule has 0 unspecified atom stereocenters. The first-order valence-corrected chi connectivity index (χ1v) is 6.58. The van der Waals surface area contributed by atoms with Gasteiger partial charge in [0.1, 0.15) is 5.75 Å². The van der Waals surface area contributed by atoms with E-state index in [0.717, 1.165) is 22.4 Å². The fourth-order valence-corrected chi connectivity index (χ4v) is 1.83. The Bertz CT molecular complexity index is 619. The average molecular weight is 283 g/mol. The molecular formula is C16H17N3O2. The highest BCUT2D eigenvalue weighted by Crippen LogP contribution is 2.21. The van der Waals surface area contributed by atoms with Crippen LogP contribution in [0.15, 0.2) is 47.8 Å². The van der Waals surface area contributed by atoms with Gasteiger partial charge < -0.3 is 4.74 Å². The third kappa shape index (κ3) is 4.42. The van der Waals surface area contributed by atoms with E-state index in [9.17, 15) is 4.79 Å². The van der Waals surface area contributed by atoms with Gasteiger partial charge in [0.25, 0.3) is 5.91 Å². The van der Waals surface area contributed by atoms with Crippen LogP contribution in [0.2, 0.25) is 0 Å². The molecule has 0 aliphatic rings. The summed E-state index contributed by atoms with van der Waals surface area (Å²) in [5, 5.41) is 3.87. The molecule has 5 heteroatoms. The first-order chi connectivity index (χ1) is 10.2. The zero-order valence-corrected chi connectivity index (χ0v) is 12.0. The van der Waals surface area contributed by atoms with Crippen LogP contribution in [-0.4, -0.2) is 23.7 Å². The Morgan fingerprint density at radius 3 is 2.57 bits per heavy atom. The lowest BCUT2D eigenvalue weighted by Gasteiger charge is -2.10. The van der Waals surface area contributed by atoms with Gasteiger partial charge in [0.2, 0.25) is 0 Å². The molecule has 0 spiro atoms. The molecule has 0 aliphatic carbocycles. The third-order valence-corrected chi connectivity index (χ3v) is 2.87. The van der Waals surface area contributed by atoms with Gasteiger partial charge in [-0.05, 0) is 42.7 Å². The molecule has 0 atom stereocenters. The standard InChI is InChI=1S/C16H17N3O2/c1-12-4-3-5-13(2)16(12)21-11-15(20)19-18-10-14-6-8-17-9-7-14/h3-10H,11H2,1-2H3,(H,19,20)/b18-10-. The van der Waals surface area contributed by atoms with Crippen molar-refractivity contribution in [3.05, 3.63) is 59.4 Å². The second-order valence-electron chi connectivity index (χ2n) is 4.58. The molecule has 21 heavy (non-hydrogen) atoms. The number of hydrogen-bond donors (Lipinski definition) is 1. The molecule has 0 radical (unpaired) electrons. The molecule has 0 saturated carbocycles. The topological polar surface area (TPSA) is 63.6 Å². The molecule has 1 amide bonds. The number of hydrogen-bond acceptors (Lipinski definition) is 4. The number of aromatic nitrogens is 1. The molecule has 0 fully saturated rings. The lowest BCUT2D eigenvalue weighted by molar-refractivity contribution is -0.123. The fraction of sp³-hybridized carbons (Fsp3) is 0.188. The summed E-state index contributed by atoms with van der Waals surface area (Å²) in [6.07, 6.45) is 4.87. The molecular weight excluding hydrogens is 266 g/mol. The predicted octanol–water partition coefficient (Wildman–Crippen LogP) is 2.23. The first-order valence-electron chi connectivity index (χ1n) is 6.58. The molecule has 1 aromatic carbocycles. The number of rotatable bonds is 5. The van der Waals surface area contributed by atoms with E-state index < -0.39 is 0 Å². The van der Waals surface area contributed by atoms with Crippen LogP contribution in [0.25, 0.3) is 0 Å². The van der Waals surface area contributed by atoms with E-state index in [0.29, 0.717) is 0 Å². The smallest absolute Gasteiger partial charge is 0.277 e. The highest BCUT2D eigenvalue weighted by molar-refractivity contribution is 5.82. The largest absolute Gasteiger partial charge is 0.483 e. The second kappa shape index (κ2) is 7.19. The maximum absolute atomic E-state index is 11.7. The molecule has 2 rings (SSSR count). The summed E-state index contributed by atoms with van der Waals surface area (Å²) in [6.45, 7) is 3.82. The quantitative estimate of drug-likeness (QED) is 0.676. The van der Waals surface area contributed by atoms with E-state index in [1.165, 1.54) is 0 Å². The number of amides is 1. The Morgan fingerprint density at radius 1 is 1.24 bits per heavy atom. The summed E-state index contributed by atoms with van der Waals surface area (Å²) in [7, 11) is 0. The molecule has 108 valence electrons. The van der Waals surface area contributed by atoms with Crippen LogP contribution in [0.4, 0.5) is 0 Å². The summed E-state index contributed by atoms with van der Waals surface area (Å²) >= 11 is 0. The Balaban J connectivity index is 1.84. The molecule has 1 heterocycles. The van der Waals surface area contributed by atoms with Gasteiger partial charge in [-0.25, -0.2) is 5.43 Å². The summed E-state index contributed by atoms with van der Waals surface area (Å²) in [6, 6.07) is 9.44. The van der Waals surface area contributed by atoms with Gasteiger partial charge in [-0.15, -0.1) is 0 Å². The van der Waals surface area contributed by atoms with E-state index in [1.54, 1.807) is 30.7 Å². The van der Waals surface area contributed by atoms with Crippen LogP contribution in [0.1, 0.15) is 16.7 Å². The minimum Gasteiger partial charge on any atom is -0.483 e. The Hall–Kier alpha value is -2.69. The number of carbonyl (C=O) groups excluding carboxylic acids is 1. The van der Waals surface area contributed by atoms with Crippen LogP contribution in [0.3, 0.4) is 0 Å². The lowest BCUT2D eigenvalue weighted by Crippen LogP contribution is -2.25. The molecule has 5 nitrogen and oxygen atoms in total. The van der Waals surface area contributed by atoms with Gasteiger partial charge in [0, 0.05) is 12.4 Å².